The number of hydrogen-bond donors (Lipinski definition) is 16. The van der Waals surface area contributed by atoms with Crippen LogP contribution in [0.3, 0.4) is 0 Å². The zero-order valence-corrected chi connectivity index (χ0v) is 76.3. The average molecular weight is 1710 g/mol. The largest absolute Gasteiger partial charge is 0.395 e. The van der Waals surface area contributed by atoms with E-state index in [0.717, 1.165) is 84.2 Å². The molecule has 51 nitrogen and oxygen atoms in total. The second-order valence-corrected chi connectivity index (χ2v) is 29.5. The van der Waals surface area contributed by atoms with Crippen molar-refractivity contribution in [2.75, 3.05) is 71.2 Å². The summed E-state index contributed by atoms with van der Waals surface area (Å²) in [6.07, 6.45) is 3.73. The lowest BCUT2D eigenvalue weighted by Gasteiger charge is -2.09. The standard InChI is InChI=1S/C8H14N6.C8H15N3.C7H13N7O.C6H14N6.C6H13N5.2C6H12N4.C6H11N3O.2C6H11N3.C5H11N5.CH4/c1-4-5-14-7(6(2)3)10-8(12-14)11-13-9;1-4-5-11-8(7(2)3)9-6-10-11;1-5(2)14-7(9-3-4-15)10-6(12-14)11-13-8;1-4(2)12-6(10-7)9-5(8-3)11-12;1-4(2)11-5(7)9-6(8-3)10-11;2*1-4(2)10-6(7)8-5(3)9-10;1-4(2)6-7-5(3-10)8-9-6;2*1-4(2)6-7-5(3)8-9-6;1-3(2)4-7-5(8-6)10-9-4;/h6H,4-5H2,1-3H3;6-7H,4-5H2,1-3H3;5,15H,3-4H2,1-2H3,(H,9,10,12);4H,7H2,1-3H3,(H2,8,9,10,11);4H,1-3H3,(H3,7,8,9,10);2*4H,1-3H3,(H2,7,8,9);4,10H,3H2,1-2H3,(H,7,8,9);2*4H,1-3H3,(H,7,8,9);3H,6H2,1-2H3,(H2,7,8,9,10);1H4. The van der Waals surface area contributed by atoms with Crippen molar-refractivity contribution < 1.29 is 10.2 Å². The number of aryl methyl sites for hydroxylation is 6. The molecule has 0 bridgehead atoms. The molecule has 122 heavy (non-hydrogen) atoms. The molecule has 0 saturated carbocycles. The topological polar surface area (TPSA) is 709 Å². The van der Waals surface area contributed by atoms with E-state index >= 15 is 0 Å². The number of hydrogen-bond acceptors (Lipinski definition) is 36. The first-order chi connectivity index (χ1) is 57.0. The van der Waals surface area contributed by atoms with Gasteiger partial charge >= 0.3 is 0 Å². The van der Waals surface area contributed by atoms with Crippen LogP contribution in [-0.4, -0.2) is 202 Å². The molecule has 0 fully saturated rings. The van der Waals surface area contributed by atoms with Gasteiger partial charge in [0.2, 0.25) is 53.5 Å². The Morgan fingerprint density at radius 1 is 0.443 bits per heavy atom. The van der Waals surface area contributed by atoms with Crippen LogP contribution in [0.4, 0.5) is 59.5 Å². The predicted octanol–water partition coefficient (Wildman–Crippen LogP) is 11.7. The van der Waals surface area contributed by atoms with Crippen molar-refractivity contribution in [1.29, 1.82) is 0 Å². The maximum atomic E-state index is 8.67. The lowest BCUT2D eigenvalue weighted by molar-refractivity contribution is 0.271. The number of nitrogens with zero attached hydrogens (tertiary/aromatic N) is 35. The van der Waals surface area contributed by atoms with Gasteiger partial charge in [-0.2, -0.15) is 60.5 Å². The first-order valence-corrected chi connectivity index (χ1v) is 39.9. The molecule has 0 aliphatic heterocycles. The fraction of sp³-hybridized carbons (Fsp3) is 0.690. The van der Waals surface area contributed by atoms with Crippen LogP contribution in [0.15, 0.2) is 16.6 Å². The first-order valence-electron chi connectivity index (χ1n) is 39.9. The van der Waals surface area contributed by atoms with E-state index in [1.54, 1.807) is 48.5 Å². The van der Waals surface area contributed by atoms with Gasteiger partial charge in [-0.25, -0.2) is 69.4 Å². The fourth-order valence-corrected chi connectivity index (χ4v) is 9.21. The summed E-state index contributed by atoms with van der Waals surface area (Å²) in [7, 11) is 3.53. The van der Waals surface area contributed by atoms with Crippen molar-refractivity contribution in [2.45, 2.75) is 300 Å². The van der Waals surface area contributed by atoms with Crippen LogP contribution in [0.2, 0.25) is 0 Å². The summed E-state index contributed by atoms with van der Waals surface area (Å²) in [6.45, 7) is 58.4. The highest BCUT2D eigenvalue weighted by molar-refractivity contribution is 5.34. The summed E-state index contributed by atoms with van der Waals surface area (Å²) in [5.74, 6) is 26.1. The second-order valence-electron chi connectivity index (χ2n) is 29.5. The number of H-pyrrole nitrogens is 4. The number of aliphatic hydroxyl groups is 2. The maximum absolute atomic E-state index is 8.67. The third-order valence-corrected chi connectivity index (χ3v) is 15.0. The minimum absolute atomic E-state index is 0. The highest BCUT2D eigenvalue weighted by Crippen LogP contribution is 2.20. The summed E-state index contributed by atoms with van der Waals surface area (Å²) in [4.78, 5) is 49.9. The number of rotatable bonds is 25. The van der Waals surface area contributed by atoms with E-state index in [2.05, 4.69) is 234 Å². The van der Waals surface area contributed by atoms with Crippen molar-refractivity contribution in [3.05, 3.63) is 91.3 Å². The second kappa shape index (κ2) is 57.5. The van der Waals surface area contributed by atoms with Crippen LogP contribution in [0.5, 0.6) is 0 Å². The molecule has 0 radical (unpaired) electrons. The number of nitrogens with two attached hydrogens (primary N) is 5. The van der Waals surface area contributed by atoms with Gasteiger partial charge in [0.05, 0.1) is 36.8 Å². The zero-order valence-electron chi connectivity index (χ0n) is 76.3. The van der Waals surface area contributed by atoms with Gasteiger partial charge in [-0.1, -0.05) is 104 Å². The quantitative estimate of drug-likeness (QED) is 0.00831. The fourth-order valence-electron chi connectivity index (χ4n) is 9.21. The molecule has 51 heteroatoms. The van der Waals surface area contributed by atoms with Crippen molar-refractivity contribution in [2.24, 2.45) is 21.9 Å². The molecule has 11 rings (SSSR count). The van der Waals surface area contributed by atoms with Crippen LogP contribution in [0.1, 0.15) is 316 Å². The van der Waals surface area contributed by atoms with Gasteiger partial charge in [0.25, 0.3) is 5.95 Å². The minimum atomic E-state index is -0.0697. The lowest BCUT2D eigenvalue weighted by atomic mass is 10.2. The number of aromatic nitrogens is 33. The van der Waals surface area contributed by atoms with Gasteiger partial charge in [-0.05, 0) is 131 Å². The van der Waals surface area contributed by atoms with Gasteiger partial charge in [0, 0.05) is 79.1 Å². The Morgan fingerprint density at radius 2 is 0.869 bits per heavy atom. The van der Waals surface area contributed by atoms with E-state index in [-0.39, 0.29) is 56.6 Å². The Hall–Kier alpha value is -12.6. The highest BCUT2D eigenvalue weighted by Gasteiger charge is 2.16. The van der Waals surface area contributed by atoms with Crippen LogP contribution >= 0.6 is 0 Å². The van der Waals surface area contributed by atoms with E-state index in [1.807, 2.05) is 143 Å². The van der Waals surface area contributed by atoms with Crippen molar-refractivity contribution in [3.63, 3.8) is 0 Å². The predicted molar refractivity (Wildman–Crippen MR) is 475 cm³/mol. The number of nitrogens with one attached hydrogen (secondary N) is 9. The molecule has 0 atom stereocenters. The Labute approximate surface area is 714 Å². The molecule has 11 heterocycles. The molecule has 0 aliphatic rings. The zero-order chi connectivity index (χ0) is 91.9. The Morgan fingerprint density at radius 3 is 1.17 bits per heavy atom. The highest BCUT2D eigenvalue weighted by atomic mass is 16.3. The van der Waals surface area contributed by atoms with Gasteiger partial charge in [-0.3, -0.25) is 31.2 Å². The molecule has 11 aromatic heterocycles. The molecular formula is C71H141N49O2. The molecular weight excluding hydrogens is 1570 g/mol. The third-order valence-electron chi connectivity index (χ3n) is 15.0. The monoisotopic (exact) mass is 1710 g/mol. The molecule has 0 spiro atoms. The van der Waals surface area contributed by atoms with Crippen LogP contribution < -0.4 is 55.7 Å². The summed E-state index contributed by atoms with van der Waals surface area (Å²) < 4.78 is 12.2. The van der Waals surface area contributed by atoms with Gasteiger partial charge in [0.1, 0.15) is 59.5 Å². The van der Waals surface area contributed by atoms with Gasteiger partial charge < -0.3 is 43.4 Å². The molecule has 0 aliphatic carbocycles. The molecule has 0 unspecified atom stereocenters. The van der Waals surface area contributed by atoms with Crippen LogP contribution in [0.25, 0.3) is 20.9 Å². The van der Waals surface area contributed by atoms with Gasteiger partial charge in [0.15, 0.2) is 17.5 Å². The number of aromatic amines is 4. The van der Waals surface area contributed by atoms with Crippen molar-refractivity contribution in [1.82, 2.24) is 164 Å². The van der Waals surface area contributed by atoms with E-state index in [0.29, 0.717) is 102 Å². The first kappa shape index (κ1) is 109. The smallest absolute Gasteiger partial charge is 0.256 e. The molecule has 0 aromatic carbocycles. The summed E-state index contributed by atoms with van der Waals surface area (Å²) in [5.41, 5.74) is 38.0. The normalized spacial score (nSPS) is 10.5. The maximum Gasteiger partial charge on any atom is 0.256 e. The van der Waals surface area contributed by atoms with Crippen LogP contribution in [0, 0.1) is 27.7 Å². The third kappa shape index (κ3) is 39.5. The van der Waals surface area contributed by atoms with Crippen LogP contribution in [-0.2, 0) is 19.7 Å². The Kier molecular flexibility index (Phi) is 51.6. The Balaban J connectivity index is 0.00000132. The molecule has 0 amide bonds. The van der Waals surface area contributed by atoms with Crippen molar-refractivity contribution >= 4 is 59.5 Å². The molecule has 11 aromatic rings. The number of hydrazine groups is 2. The number of nitrogen functional groups attached to an aromatic ring is 5. The van der Waals surface area contributed by atoms with E-state index in [1.165, 1.54) is 0 Å². The number of azide groups is 2. The molecule has 0 saturated heterocycles. The molecule has 682 valence electrons. The van der Waals surface area contributed by atoms with E-state index in [4.69, 9.17) is 50.2 Å². The Bertz CT molecular complexity index is 4520. The summed E-state index contributed by atoms with van der Waals surface area (Å²) >= 11 is 0. The number of aliphatic hydroxyl groups excluding tert-OH is 2. The van der Waals surface area contributed by atoms with E-state index in [9.17, 15) is 0 Å². The summed E-state index contributed by atoms with van der Waals surface area (Å²) in [6, 6.07) is 1.18. The van der Waals surface area contributed by atoms with Gasteiger partial charge in [-0.15, -0.1) is 25.5 Å². The van der Waals surface area contributed by atoms with E-state index < -0.39 is 0 Å². The minimum Gasteiger partial charge on any atom is -0.395 e. The molecule has 21 N–H and O–H groups in total. The summed E-state index contributed by atoms with van der Waals surface area (Å²) in [5, 5.41) is 87.7. The SMILES string of the molecule is C.CC(C)c1n[nH]c(CO)n1.CC(C)c1nc(NN)n[nH]1.CC(C)n1nc(N=[N+]=[N-])nc1NCCO.CCCn1nc(N=[N+]=[N-])nc1C(C)C.CCCn1ncnc1C(C)C.CNc1nc(N)n(C(C)C)n1.CNc1nc(NN)n(C(C)C)n1.Cc1nc(C(C)C)n[nH]1.Cc1nc(C(C)C)n[nH]1.Cc1nc(N)n(C(C)C)n1.Cc1nc(N)n(C(C)C)n1. The lowest BCUT2D eigenvalue weighted by Crippen LogP contribution is -2.15. The van der Waals surface area contributed by atoms with Crippen molar-refractivity contribution in [3.8, 4) is 0 Å². The number of anilines is 8. The average Bonchev–Trinajstić information content (AvgIpc) is 1.71.